The lowest BCUT2D eigenvalue weighted by molar-refractivity contribution is -0.122. The van der Waals surface area contributed by atoms with Gasteiger partial charge in [0.25, 0.3) is 5.91 Å². The number of carbonyl (C=O) groups excluding carboxylic acids is 2. The van der Waals surface area contributed by atoms with Crippen molar-refractivity contribution in [1.29, 1.82) is 0 Å². The molecule has 0 aliphatic carbocycles. The summed E-state index contributed by atoms with van der Waals surface area (Å²) in [5.41, 5.74) is 8.37. The van der Waals surface area contributed by atoms with Crippen LogP contribution in [0.4, 0.5) is 5.69 Å². The van der Waals surface area contributed by atoms with Crippen molar-refractivity contribution in [3.05, 3.63) is 65.7 Å². The summed E-state index contributed by atoms with van der Waals surface area (Å²) in [5.74, 6) is 0.107. The number of benzene rings is 2. The number of hydrogen-bond donors (Lipinski definition) is 2. The normalized spacial score (nSPS) is 14.3. The molecule has 3 N–H and O–H groups in total. The van der Waals surface area contributed by atoms with Gasteiger partial charge in [0.1, 0.15) is 0 Å². The molecular weight excluding hydrogens is 362 g/mol. The highest BCUT2D eigenvalue weighted by molar-refractivity contribution is 5.94. The number of aryl methyl sites for hydroxylation is 1. The Kier molecular flexibility index (Phi) is 7.67. The first kappa shape index (κ1) is 20.8. The summed E-state index contributed by atoms with van der Waals surface area (Å²) in [6.45, 7) is 1.34. The van der Waals surface area contributed by atoms with Crippen molar-refractivity contribution in [2.75, 3.05) is 18.8 Å². The molecule has 1 aliphatic heterocycles. The molecule has 144 valence electrons. The maximum Gasteiger partial charge on any atom is 0.253 e. The predicted octanol–water partition coefficient (Wildman–Crippen LogP) is 3.04. The summed E-state index contributed by atoms with van der Waals surface area (Å²) in [5, 5.41) is 3.09. The number of rotatable bonds is 5. The number of nitrogens with zero attached hydrogens (tertiary/aromatic N) is 1. The van der Waals surface area contributed by atoms with Crippen molar-refractivity contribution >= 4 is 29.9 Å². The fourth-order valence-electron chi connectivity index (χ4n) is 3.30. The van der Waals surface area contributed by atoms with Gasteiger partial charge in [-0.15, -0.1) is 12.4 Å². The summed E-state index contributed by atoms with van der Waals surface area (Å²) in [6.07, 6.45) is 2.65. The molecule has 0 saturated carbocycles. The zero-order chi connectivity index (χ0) is 18.4. The van der Waals surface area contributed by atoms with Crippen LogP contribution in [0.3, 0.4) is 0 Å². The second kappa shape index (κ2) is 9.97. The van der Waals surface area contributed by atoms with E-state index in [1.807, 2.05) is 59.5 Å². The fraction of sp³-hybridized carbons (Fsp3) is 0.333. The first-order valence-corrected chi connectivity index (χ1v) is 9.10. The Bertz CT molecular complexity index is 759. The smallest absolute Gasteiger partial charge is 0.253 e. The van der Waals surface area contributed by atoms with Crippen molar-refractivity contribution < 1.29 is 9.59 Å². The molecule has 2 aromatic rings. The van der Waals surface area contributed by atoms with Gasteiger partial charge in [0.2, 0.25) is 5.91 Å². The van der Waals surface area contributed by atoms with Crippen LogP contribution in [-0.2, 0) is 11.2 Å². The zero-order valence-corrected chi connectivity index (χ0v) is 16.1. The number of nitrogen functional groups attached to an aromatic ring is 1. The van der Waals surface area contributed by atoms with E-state index in [4.69, 9.17) is 5.73 Å². The maximum atomic E-state index is 12.4. The molecule has 0 unspecified atom stereocenters. The van der Waals surface area contributed by atoms with Crippen LogP contribution in [0.5, 0.6) is 0 Å². The van der Waals surface area contributed by atoms with Gasteiger partial charge in [-0.1, -0.05) is 36.4 Å². The van der Waals surface area contributed by atoms with Crippen molar-refractivity contribution in [3.8, 4) is 0 Å². The van der Waals surface area contributed by atoms with E-state index >= 15 is 0 Å². The van der Waals surface area contributed by atoms with E-state index in [0.717, 1.165) is 29.7 Å². The molecule has 0 aromatic heterocycles. The number of para-hydroxylation sites is 1. The summed E-state index contributed by atoms with van der Waals surface area (Å²) in [6, 6.07) is 17.1. The summed E-state index contributed by atoms with van der Waals surface area (Å²) >= 11 is 0. The highest BCUT2D eigenvalue weighted by Crippen LogP contribution is 2.15. The number of hydrogen-bond acceptors (Lipinski definition) is 3. The van der Waals surface area contributed by atoms with Crippen LogP contribution in [0.25, 0.3) is 0 Å². The van der Waals surface area contributed by atoms with Crippen LogP contribution in [0.1, 0.15) is 35.2 Å². The van der Waals surface area contributed by atoms with Gasteiger partial charge in [-0.2, -0.15) is 0 Å². The van der Waals surface area contributed by atoms with E-state index < -0.39 is 0 Å². The van der Waals surface area contributed by atoms with Crippen LogP contribution in [0, 0.1) is 0 Å². The van der Waals surface area contributed by atoms with Crippen LogP contribution in [-0.4, -0.2) is 35.8 Å². The van der Waals surface area contributed by atoms with Crippen molar-refractivity contribution in [2.45, 2.75) is 31.7 Å². The molecule has 1 fully saturated rings. The van der Waals surface area contributed by atoms with E-state index in [9.17, 15) is 9.59 Å². The number of amides is 2. The van der Waals surface area contributed by atoms with E-state index in [1.165, 1.54) is 0 Å². The molecule has 2 aromatic carbocycles. The average Bonchev–Trinajstić information content (AvgIpc) is 2.68. The molecule has 6 heteroatoms. The fourth-order valence-corrected chi connectivity index (χ4v) is 3.30. The summed E-state index contributed by atoms with van der Waals surface area (Å²) in [4.78, 5) is 26.5. The molecule has 1 saturated heterocycles. The lowest BCUT2D eigenvalue weighted by Crippen LogP contribution is -2.46. The Morgan fingerprint density at radius 1 is 1.00 bits per heavy atom. The third-order valence-electron chi connectivity index (χ3n) is 4.84. The topological polar surface area (TPSA) is 75.4 Å². The molecular formula is C21H26ClN3O2. The minimum atomic E-state index is 0. The molecule has 0 bridgehead atoms. The number of halogens is 1. The van der Waals surface area contributed by atoms with Gasteiger partial charge in [0, 0.05) is 36.8 Å². The Labute approximate surface area is 166 Å². The zero-order valence-electron chi connectivity index (χ0n) is 15.3. The number of nitrogens with one attached hydrogen (secondary N) is 1. The van der Waals surface area contributed by atoms with E-state index in [1.54, 1.807) is 0 Å². The van der Waals surface area contributed by atoms with Gasteiger partial charge < -0.3 is 16.0 Å². The molecule has 0 atom stereocenters. The Morgan fingerprint density at radius 2 is 1.63 bits per heavy atom. The Morgan fingerprint density at radius 3 is 2.30 bits per heavy atom. The number of nitrogens with two attached hydrogens (primary N) is 1. The average molecular weight is 388 g/mol. The second-order valence-electron chi connectivity index (χ2n) is 6.70. The van der Waals surface area contributed by atoms with E-state index in [0.29, 0.717) is 25.9 Å². The Balaban J connectivity index is 0.00000261. The SMILES string of the molecule is Cl.Nc1ccccc1CCC(=O)NC1CCN(C(=O)c2ccccc2)CC1. The van der Waals surface area contributed by atoms with Crippen LogP contribution in [0.15, 0.2) is 54.6 Å². The number of piperidine rings is 1. The largest absolute Gasteiger partial charge is 0.399 e. The van der Waals surface area contributed by atoms with Crippen LogP contribution in [0.2, 0.25) is 0 Å². The van der Waals surface area contributed by atoms with Gasteiger partial charge >= 0.3 is 0 Å². The molecule has 0 spiro atoms. The molecule has 1 aliphatic rings. The highest BCUT2D eigenvalue weighted by Gasteiger charge is 2.24. The van der Waals surface area contributed by atoms with Crippen molar-refractivity contribution in [2.24, 2.45) is 0 Å². The first-order valence-electron chi connectivity index (χ1n) is 9.10. The van der Waals surface area contributed by atoms with Gasteiger partial charge in [-0.3, -0.25) is 9.59 Å². The van der Waals surface area contributed by atoms with Gasteiger partial charge in [0.15, 0.2) is 0 Å². The quantitative estimate of drug-likeness (QED) is 0.774. The predicted molar refractivity (Wildman–Crippen MR) is 110 cm³/mol. The first-order chi connectivity index (χ1) is 12.6. The molecule has 27 heavy (non-hydrogen) atoms. The lowest BCUT2D eigenvalue weighted by atomic mass is 10.0. The number of carbonyl (C=O) groups is 2. The minimum absolute atomic E-state index is 0. The molecule has 5 nitrogen and oxygen atoms in total. The number of likely N-dealkylation sites (tertiary alicyclic amines) is 1. The minimum Gasteiger partial charge on any atom is -0.399 e. The summed E-state index contributed by atoms with van der Waals surface area (Å²) < 4.78 is 0. The molecule has 0 radical (unpaired) electrons. The standard InChI is InChI=1S/C21H25N3O2.ClH/c22-19-9-5-4-6-16(19)10-11-20(25)23-18-12-14-24(15-13-18)21(26)17-7-2-1-3-8-17;/h1-9,18H,10-15,22H2,(H,23,25);1H. The van der Waals surface area contributed by atoms with E-state index in [-0.39, 0.29) is 30.3 Å². The van der Waals surface area contributed by atoms with E-state index in [2.05, 4.69) is 5.32 Å². The number of anilines is 1. The van der Waals surface area contributed by atoms with Gasteiger partial charge in [-0.05, 0) is 43.0 Å². The molecule has 2 amide bonds. The van der Waals surface area contributed by atoms with Gasteiger partial charge in [-0.25, -0.2) is 0 Å². The third-order valence-corrected chi connectivity index (χ3v) is 4.84. The lowest BCUT2D eigenvalue weighted by Gasteiger charge is -2.32. The summed E-state index contributed by atoms with van der Waals surface area (Å²) in [7, 11) is 0. The highest BCUT2D eigenvalue weighted by atomic mass is 35.5. The van der Waals surface area contributed by atoms with Gasteiger partial charge in [0.05, 0.1) is 0 Å². The molecule has 3 rings (SSSR count). The molecule has 1 heterocycles. The van der Waals surface area contributed by atoms with Crippen LogP contribution < -0.4 is 11.1 Å². The van der Waals surface area contributed by atoms with Crippen molar-refractivity contribution in [3.63, 3.8) is 0 Å². The third kappa shape index (κ3) is 5.73. The van der Waals surface area contributed by atoms with Crippen LogP contribution >= 0.6 is 12.4 Å². The van der Waals surface area contributed by atoms with Crippen molar-refractivity contribution in [1.82, 2.24) is 10.2 Å². The monoisotopic (exact) mass is 387 g/mol. The maximum absolute atomic E-state index is 12.4. The Hall–Kier alpha value is -2.53. The second-order valence-corrected chi connectivity index (χ2v) is 6.70.